The minimum atomic E-state index is 0.129. The van der Waals surface area contributed by atoms with Crippen LogP contribution in [0.4, 0.5) is 0 Å². The van der Waals surface area contributed by atoms with Gasteiger partial charge in [-0.1, -0.05) is 50.6 Å². The number of hydrogen-bond donors (Lipinski definition) is 1. The first-order valence-electron chi connectivity index (χ1n) is 7.59. The molecular weight excluding hydrogens is 276 g/mol. The molecule has 114 valence electrons. The molecular formula is C18H26N2S. The summed E-state index contributed by atoms with van der Waals surface area (Å²) in [6.07, 6.45) is 2.01. The third-order valence-corrected chi connectivity index (χ3v) is 4.63. The average Bonchev–Trinajstić information content (AvgIpc) is 2.89. The molecule has 0 radical (unpaired) electrons. The van der Waals surface area contributed by atoms with Gasteiger partial charge in [-0.2, -0.15) is 0 Å². The van der Waals surface area contributed by atoms with E-state index in [1.54, 1.807) is 11.3 Å². The molecule has 2 N–H and O–H groups in total. The Balaban J connectivity index is 2.02. The van der Waals surface area contributed by atoms with Gasteiger partial charge >= 0.3 is 0 Å². The summed E-state index contributed by atoms with van der Waals surface area (Å²) in [5.41, 5.74) is 9.95. The molecule has 1 heterocycles. The molecule has 0 saturated heterocycles. The molecule has 0 aliphatic rings. The standard InChI is InChI=1S/C18H26N2S/c1-13-5-7-14(8-6-13)9-15(11-19)10-17-20-16(12-21-17)18(2,3)4/h5-8,12,15H,9-11,19H2,1-4H3. The smallest absolute Gasteiger partial charge is 0.0931 e. The Hall–Kier alpha value is -1.19. The summed E-state index contributed by atoms with van der Waals surface area (Å²) >= 11 is 1.77. The predicted molar refractivity (Wildman–Crippen MR) is 91.9 cm³/mol. The summed E-state index contributed by atoms with van der Waals surface area (Å²) in [4.78, 5) is 4.79. The van der Waals surface area contributed by atoms with Gasteiger partial charge in [0.15, 0.2) is 0 Å². The van der Waals surface area contributed by atoms with E-state index in [0.29, 0.717) is 12.5 Å². The van der Waals surface area contributed by atoms with Gasteiger partial charge in [0.25, 0.3) is 0 Å². The summed E-state index contributed by atoms with van der Waals surface area (Å²) in [7, 11) is 0. The van der Waals surface area contributed by atoms with Crippen LogP contribution in [0, 0.1) is 12.8 Å². The molecule has 1 aromatic carbocycles. The highest BCUT2D eigenvalue weighted by molar-refractivity contribution is 7.09. The maximum absolute atomic E-state index is 5.97. The second-order valence-corrected chi connectivity index (χ2v) is 7.81. The van der Waals surface area contributed by atoms with Crippen molar-refractivity contribution in [2.24, 2.45) is 11.7 Å². The van der Waals surface area contributed by atoms with E-state index in [-0.39, 0.29) is 5.41 Å². The van der Waals surface area contributed by atoms with Crippen LogP contribution in [0.2, 0.25) is 0 Å². The second kappa shape index (κ2) is 6.71. The van der Waals surface area contributed by atoms with Gasteiger partial charge < -0.3 is 5.73 Å². The van der Waals surface area contributed by atoms with E-state index >= 15 is 0 Å². The van der Waals surface area contributed by atoms with Crippen molar-refractivity contribution >= 4 is 11.3 Å². The average molecular weight is 302 g/mol. The number of hydrogen-bond acceptors (Lipinski definition) is 3. The molecule has 0 saturated carbocycles. The van der Waals surface area contributed by atoms with E-state index < -0.39 is 0 Å². The number of benzene rings is 1. The zero-order valence-electron chi connectivity index (χ0n) is 13.5. The van der Waals surface area contributed by atoms with Crippen LogP contribution in [0.5, 0.6) is 0 Å². The van der Waals surface area contributed by atoms with Crippen LogP contribution >= 0.6 is 11.3 Å². The third-order valence-electron chi connectivity index (χ3n) is 3.76. The number of rotatable bonds is 5. The monoisotopic (exact) mass is 302 g/mol. The van der Waals surface area contributed by atoms with E-state index in [2.05, 4.69) is 57.3 Å². The third kappa shape index (κ3) is 4.65. The second-order valence-electron chi connectivity index (χ2n) is 6.87. The van der Waals surface area contributed by atoms with Crippen molar-refractivity contribution in [1.29, 1.82) is 0 Å². The zero-order valence-corrected chi connectivity index (χ0v) is 14.3. The number of nitrogens with two attached hydrogens (primary N) is 1. The lowest BCUT2D eigenvalue weighted by molar-refractivity contribution is 0.525. The van der Waals surface area contributed by atoms with Crippen LogP contribution in [0.3, 0.4) is 0 Å². The van der Waals surface area contributed by atoms with Crippen LogP contribution in [0.25, 0.3) is 0 Å². The topological polar surface area (TPSA) is 38.9 Å². The Bertz CT molecular complexity index is 564. The fraction of sp³-hybridized carbons (Fsp3) is 0.500. The van der Waals surface area contributed by atoms with E-state index in [1.807, 2.05) is 0 Å². The zero-order chi connectivity index (χ0) is 15.5. The summed E-state index contributed by atoms with van der Waals surface area (Å²) in [6, 6.07) is 8.76. The molecule has 21 heavy (non-hydrogen) atoms. The van der Waals surface area contributed by atoms with Crippen molar-refractivity contribution in [2.45, 2.75) is 46.0 Å². The van der Waals surface area contributed by atoms with Crippen molar-refractivity contribution in [1.82, 2.24) is 4.98 Å². The van der Waals surface area contributed by atoms with Gasteiger partial charge in [-0.3, -0.25) is 0 Å². The highest BCUT2D eigenvalue weighted by Crippen LogP contribution is 2.25. The number of aromatic nitrogens is 1. The molecule has 0 bridgehead atoms. The van der Waals surface area contributed by atoms with Crippen molar-refractivity contribution in [3.05, 3.63) is 51.5 Å². The Kier molecular flexibility index (Phi) is 5.17. The fourth-order valence-electron chi connectivity index (χ4n) is 2.29. The van der Waals surface area contributed by atoms with E-state index in [1.165, 1.54) is 21.8 Å². The lowest BCUT2D eigenvalue weighted by Crippen LogP contribution is -2.19. The van der Waals surface area contributed by atoms with Gasteiger partial charge in [-0.05, 0) is 31.4 Å². The van der Waals surface area contributed by atoms with Crippen molar-refractivity contribution in [3.63, 3.8) is 0 Å². The van der Waals surface area contributed by atoms with Crippen molar-refractivity contribution < 1.29 is 0 Å². The first-order chi connectivity index (χ1) is 9.88. The number of nitrogens with zero attached hydrogens (tertiary/aromatic N) is 1. The maximum Gasteiger partial charge on any atom is 0.0931 e. The summed E-state index contributed by atoms with van der Waals surface area (Å²) in [5.74, 6) is 0.465. The molecule has 1 unspecified atom stereocenters. The molecule has 0 spiro atoms. The summed E-state index contributed by atoms with van der Waals surface area (Å²) in [6.45, 7) is 9.45. The molecule has 1 atom stereocenters. The molecule has 0 fully saturated rings. The van der Waals surface area contributed by atoms with Gasteiger partial charge in [0.05, 0.1) is 10.7 Å². The fourth-order valence-corrected chi connectivity index (χ4v) is 3.43. The highest BCUT2D eigenvalue weighted by Gasteiger charge is 2.19. The maximum atomic E-state index is 5.97. The lowest BCUT2D eigenvalue weighted by atomic mass is 9.93. The van der Waals surface area contributed by atoms with Gasteiger partial charge in [0, 0.05) is 17.2 Å². The number of aryl methyl sites for hydroxylation is 1. The largest absolute Gasteiger partial charge is 0.330 e. The summed E-state index contributed by atoms with van der Waals surface area (Å²) in [5, 5.41) is 3.40. The van der Waals surface area contributed by atoms with Crippen LogP contribution in [0.15, 0.2) is 29.6 Å². The van der Waals surface area contributed by atoms with Gasteiger partial charge in [0.2, 0.25) is 0 Å². The molecule has 0 aliphatic carbocycles. The SMILES string of the molecule is Cc1ccc(CC(CN)Cc2nc(C(C)(C)C)cs2)cc1. The summed E-state index contributed by atoms with van der Waals surface area (Å²) < 4.78 is 0. The first kappa shape index (κ1) is 16.2. The Morgan fingerprint density at radius 2 is 1.81 bits per heavy atom. The van der Waals surface area contributed by atoms with E-state index in [4.69, 9.17) is 10.7 Å². The molecule has 2 rings (SSSR count). The minimum Gasteiger partial charge on any atom is -0.330 e. The van der Waals surface area contributed by atoms with Crippen molar-refractivity contribution in [2.75, 3.05) is 6.54 Å². The van der Waals surface area contributed by atoms with Crippen LogP contribution in [0.1, 0.15) is 42.6 Å². The van der Waals surface area contributed by atoms with Crippen LogP contribution in [-0.2, 0) is 18.3 Å². The number of thiazole rings is 1. The quantitative estimate of drug-likeness (QED) is 0.902. The molecule has 1 aromatic heterocycles. The lowest BCUT2D eigenvalue weighted by Gasteiger charge is -2.15. The Morgan fingerprint density at radius 3 is 2.33 bits per heavy atom. The molecule has 0 amide bonds. The molecule has 2 aromatic rings. The van der Waals surface area contributed by atoms with Gasteiger partial charge in [-0.15, -0.1) is 11.3 Å². The first-order valence-corrected chi connectivity index (χ1v) is 8.47. The van der Waals surface area contributed by atoms with Crippen molar-refractivity contribution in [3.8, 4) is 0 Å². The Morgan fingerprint density at radius 1 is 1.14 bits per heavy atom. The normalized spacial score (nSPS) is 13.4. The minimum absolute atomic E-state index is 0.129. The van der Waals surface area contributed by atoms with Crippen LogP contribution < -0.4 is 5.73 Å². The van der Waals surface area contributed by atoms with Gasteiger partial charge in [0.1, 0.15) is 0 Å². The molecule has 2 nitrogen and oxygen atoms in total. The van der Waals surface area contributed by atoms with Gasteiger partial charge in [-0.25, -0.2) is 4.98 Å². The van der Waals surface area contributed by atoms with E-state index in [9.17, 15) is 0 Å². The predicted octanol–water partition coefficient (Wildman–Crippen LogP) is 4.11. The van der Waals surface area contributed by atoms with E-state index in [0.717, 1.165) is 12.8 Å². The molecule has 0 aliphatic heterocycles. The highest BCUT2D eigenvalue weighted by atomic mass is 32.1. The van der Waals surface area contributed by atoms with Crippen LogP contribution in [-0.4, -0.2) is 11.5 Å². The molecule has 3 heteroatoms. The Labute approximate surface area is 132 Å².